The van der Waals surface area contributed by atoms with Gasteiger partial charge in [0.2, 0.25) is 0 Å². The summed E-state index contributed by atoms with van der Waals surface area (Å²) in [4.78, 5) is 12.6. The van der Waals surface area contributed by atoms with Crippen molar-refractivity contribution in [3.05, 3.63) is 83.2 Å². The van der Waals surface area contributed by atoms with E-state index >= 15 is 0 Å². The van der Waals surface area contributed by atoms with Gasteiger partial charge in [-0.2, -0.15) is 5.10 Å². The molecule has 8 heteroatoms. The number of urea groups is 1. The highest BCUT2D eigenvalue weighted by Gasteiger charge is 2.28. The summed E-state index contributed by atoms with van der Waals surface area (Å²) in [5, 5.41) is 12.0. The first-order valence-electron chi connectivity index (χ1n) is 10.9. The highest BCUT2D eigenvalue weighted by molar-refractivity contribution is 6.14. The van der Waals surface area contributed by atoms with Gasteiger partial charge in [-0.3, -0.25) is 0 Å². The second-order valence-corrected chi connectivity index (χ2v) is 7.95. The van der Waals surface area contributed by atoms with E-state index in [0.29, 0.717) is 29.3 Å². The minimum absolute atomic E-state index is 0.184. The van der Waals surface area contributed by atoms with Gasteiger partial charge in [0.15, 0.2) is 11.5 Å². The van der Waals surface area contributed by atoms with Gasteiger partial charge in [0.25, 0.3) is 0 Å². The topological polar surface area (TPSA) is 75.2 Å². The molecule has 4 rings (SSSR count). The standard InChI is InChI=1S/C26H27FN4O3/c1-16-13-18-14-23(33-3)24(34-4)15-20(18)25(30-31(16)26(32)28-2)17-9-11-19(12-10-17)29-22-8-6-5-7-21(22)27/h5-12,14-16,29H,13H2,1-4H3,(H,28,32)/t16-/m1/s1. The summed E-state index contributed by atoms with van der Waals surface area (Å²) in [7, 11) is 4.76. The number of benzene rings is 3. The molecule has 0 radical (unpaired) electrons. The number of amides is 2. The van der Waals surface area contributed by atoms with Crippen molar-refractivity contribution >= 4 is 23.1 Å². The Morgan fingerprint density at radius 2 is 1.74 bits per heavy atom. The first-order chi connectivity index (χ1) is 16.4. The Morgan fingerprint density at radius 3 is 2.38 bits per heavy atom. The van der Waals surface area contributed by atoms with Gasteiger partial charge in [0.05, 0.1) is 31.7 Å². The Bertz CT molecular complexity index is 1230. The lowest BCUT2D eigenvalue weighted by atomic mass is 9.94. The molecule has 2 N–H and O–H groups in total. The molecular weight excluding hydrogens is 435 g/mol. The van der Waals surface area contributed by atoms with Gasteiger partial charge in [-0.15, -0.1) is 0 Å². The van der Waals surface area contributed by atoms with E-state index in [1.54, 1.807) is 39.5 Å². The summed E-state index contributed by atoms with van der Waals surface area (Å²) >= 11 is 0. The van der Waals surface area contributed by atoms with Crippen LogP contribution < -0.4 is 20.1 Å². The molecule has 34 heavy (non-hydrogen) atoms. The molecule has 3 aromatic rings. The van der Waals surface area contributed by atoms with Crippen molar-refractivity contribution in [1.82, 2.24) is 10.3 Å². The predicted octanol–water partition coefficient (Wildman–Crippen LogP) is 4.92. The number of anilines is 2. The molecule has 7 nitrogen and oxygen atoms in total. The summed E-state index contributed by atoms with van der Waals surface area (Å²) in [5.41, 5.74) is 4.39. The van der Waals surface area contributed by atoms with Crippen molar-refractivity contribution in [2.75, 3.05) is 26.6 Å². The molecule has 0 saturated carbocycles. The van der Waals surface area contributed by atoms with Crippen molar-refractivity contribution in [1.29, 1.82) is 0 Å². The number of rotatable bonds is 5. The molecule has 0 spiro atoms. The summed E-state index contributed by atoms with van der Waals surface area (Å²) in [6.07, 6.45) is 0.586. The zero-order valence-corrected chi connectivity index (χ0v) is 19.6. The van der Waals surface area contributed by atoms with E-state index in [4.69, 9.17) is 14.6 Å². The number of fused-ring (bicyclic) bond motifs is 1. The second kappa shape index (κ2) is 9.82. The number of carbonyl (C=O) groups excluding carboxylic acids is 1. The van der Waals surface area contributed by atoms with Crippen molar-refractivity contribution < 1.29 is 18.7 Å². The lowest BCUT2D eigenvalue weighted by Crippen LogP contribution is -2.41. The molecule has 1 atom stereocenters. The van der Waals surface area contributed by atoms with E-state index in [9.17, 15) is 9.18 Å². The van der Waals surface area contributed by atoms with Gasteiger partial charge >= 0.3 is 6.03 Å². The van der Waals surface area contributed by atoms with Gasteiger partial charge in [-0.25, -0.2) is 14.2 Å². The maximum absolute atomic E-state index is 14.0. The van der Waals surface area contributed by atoms with Crippen LogP contribution in [0.15, 0.2) is 65.8 Å². The summed E-state index contributed by atoms with van der Waals surface area (Å²) < 4.78 is 25.1. The van der Waals surface area contributed by atoms with Gasteiger partial charge < -0.3 is 20.1 Å². The number of methoxy groups -OCH3 is 2. The van der Waals surface area contributed by atoms with Crippen molar-refractivity contribution in [2.45, 2.75) is 19.4 Å². The normalized spacial score (nSPS) is 15.0. The van der Waals surface area contributed by atoms with Crippen LogP contribution in [0.25, 0.3) is 0 Å². The predicted molar refractivity (Wildman–Crippen MR) is 131 cm³/mol. The Balaban J connectivity index is 1.78. The molecule has 1 aliphatic heterocycles. The molecule has 0 fully saturated rings. The van der Waals surface area contributed by atoms with Crippen LogP contribution in [-0.4, -0.2) is 44.1 Å². The Labute approximate surface area is 198 Å². The minimum atomic E-state index is -0.329. The number of ether oxygens (including phenoxy) is 2. The highest BCUT2D eigenvalue weighted by atomic mass is 19.1. The largest absolute Gasteiger partial charge is 0.493 e. The number of hydrazone groups is 1. The molecule has 1 heterocycles. The van der Waals surface area contributed by atoms with E-state index in [-0.39, 0.29) is 17.9 Å². The van der Waals surface area contributed by atoms with Gasteiger partial charge in [-0.05, 0) is 55.3 Å². The second-order valence-electron chi connectivity index (χ2n) is 7.95. The Morgan fingerprint density at radius 1 is 1.06 bits per heavy atom. The van der Waals surface area contributed by atoms with Crippen LogP contribution in [0.5, 0.6) is 11.5 Å². The van der Waals surface area contributed by atoms with E-state index in [1.165, 1.54) is 11.1 Å². The molecule has 3 aromatic carbocycles. The lowest BCUT2D eigenvalue weighted by molar-refractivity contribution is 0.184. The van der Waals surface area contributed by atoms with Crippen molar-refractivity contribution in [3.63, 3.8) is 0 Å². The van der Waals surface area contributed by atoms with Gasteiger partial charge in [0, 0.05) is 23.9 Å². The zero-order valence-electron chi connectivity index (χ0n) is 19.6. The summed E-state index contributed by atoms with van der Waals surface area (Å²) in [5.74, 6) is 0.864. The van der Waals surface area contributed by atoms with Crippen LogP contribution in [0, 0.1) is 5.82 Å². The first-order valence-corrected chi connectivity index (χ1v) is 10.9. The number of hydrogen-bond acceptors (Lipinski definition) is 5. The first kappa shape index (κ1) is 23.1. The van der Waals surface area contributed by atoms with E-state index < -0.39 is 0 Å². The fourth-order valence-corrected chi connectivity index (χ4v) is 3.98. The third-order valence-electron chi connectivity index (χ3n) is 5.74. The Hall–Kier alpha value is -4.07. The third-order valence-corrected chi connectivity index (χ3v) is 5.74. The quantitative estimate of drug-likeness (QED) is 0.564. The molecule has 176 valence electrons. The molecular formula is C26H27FN4O3. The average molecular weight is 463 g/mol. The number of para-hydroxylation sites is 1. The number of carbonyl (C=O) groups is 1. The van der Waals surface area contributed by atoms with E-state index in [0.717, 1.165) is 22.4 Å². The molecule has 0 bridgehead atoms. The zero-order chi connectivity index (χ0) is 24.2. The smallest absolute Gasteiger partial charge is 0.337 e. The number of halogens is 1. The van der Waals surface area contributed by atoms with Gasteiger partial charge in [0.1, 0.15) is 5.82 Å². The Kier molecular flexibility index (Phi) is 6.67. The maximum atomic E-state index is 14.0. The van der Waals surface area contributed by atoms with E-state index in [1.807, 2.05) is 43.3 Å². The summed E-state index contributed by atoms with van der Waals surface area (Å²) in [6.45, 7) is 1.95. The molecule has 2 amide bonds. The van der Waals surface area contributed by atoms with Crippen LogP contribution in [-0.2, 0) is 6.42 Å². The van der Waals surface area contributed by atoms with E-state index in [2.05, 4.69) is 10.6 Å². The van der Waals surface area contributed by atoms with Crippen LogP contribution in [0.3, 0.4) is 0 Å². The van der Waals surface area contributed by atoms with Crippen LogP contribution in [0.4, 0.5) is 20.6 Å². The summed E-state index contributed by atoms with van der Waals surface area (Å²) in [6, 6.07) is 17.3. The van der Waals surface area contributed by atoms with Crippen molar-refractivity contribution in [2.24, 2.45) is 5.10 Å². The SMILES string of the molecule is CNC(=O)N1N=C(c2ccc(Nc3ccccc3F)cc2)c2cc(OC)c(OC)cc2C[C@H]1C. The number of hydrogen-bond donors (Lipinski definition) is 2. The number of nitrogens with zero attached hydrogens (tertiary/aromatic N) is 2. The van der Waals surface area contributed by atoms with Gasteiger partial charge in [-0.1, -0.05) is 24.3 Å². The molecule has 0 aliphatic carbocycles. The minimum Gasteiger partial charge on any atom is -0.493 e. The van der Waals surface area contributed by atoms with Crippen LogP contribution in [0.1, 0.15) is 23.6 Å². The molecule has 0 unspecified atom stereocenters. The van der Waals surface area contributed by atoms with Crippen LogP contribution in [0.2, 0.25) is 0 Å². The highest BCUT2D eigenvalue weighted by Crippen LogP contribution is 2.35. The maximum Gasteiger partial charge on any atom is 0.337 e. The lowest BCUT2D eigenvalue weighted by Gasteiger charge is -2.22. The molecule has 0 saturated heterocycles. The van der Waals surface area contributed by atoms with Crippen molar-refractivity contribution in [3.8, 4) is 11.5 Å². The van der Waals surface area contributed by atoms with Crippen LogP contribution >= 0.6 is 0 Å². The molecule has 0 aromatic heterocycles. The number of nitrogens with one attached hydrogen (secondary N) is 2. The fourth-order valence-electron chi connectivity index (χ4n) is 3.98. The molecule has 1 aliphatic rings. The monoisotopic (exact) mass is 462 g/mol. The third kappa shape index (κ3) is 4.52. The average Bonchev–Trinajstić information content (AvgIpc) is 3.00. The fraction of sp³-hybridized carbons (Fsp3) is 0.231.